The van der Waals surface area contributed by atoms with Crippen LogP contribution in [0.2, 0.25) is 0 Å². The first-order chi connectivity index (χ1) is 12.7. The molecule has 0 bridgehead atoms. The molecule has 0 spiro atoms. The number of carbonyl (C=O) groups is 1. The molecule has 3 heteroatoms. The van der Waals surface area contributed by atoms with Crippen molar-refractivity contribution in [1.29, 1.82) is 0 Å². The topological polar surface area (TPSA) is 38.8 Å². The van der Waals surface area contributed by atoms with E-state index in [-0.39, 0.29) is 11.9 Å². The van der Waals surface area contributed by atoms with Gasteiger partial charge in [0.05, 0.1) is 24.7 Å². The summed E-state index contributed by atoms with van der Waals surface area (Å²) >= 11 is 0. The van der Waals surface area contributed by atoms with Crippen molar-refractivity contribution in [3.8, 4) is 0 Å². The summed E-state index contributed by atoms with van der Waals surface area (Å²) < 4.78 is 11.4. The van der Waals surface area contributed by atoms with Gasteiger partial charge in [-0.2, -0.15) is 0 Å². The van der Waals surface area contributed by atoms with Gasteiger partial charge in [0.1, 0.15) is 0 Å². The van der Waals surface area contributed by atoms with E-state index in [0.29, 0.717) is 24.7 Å². The molecule has 2 rings (SSSR count). The monoisotopic (exact) mass is 366 g/mol. The molecule has 1 aliphatic heterocycles. The number of fused-ring (bicyclic) bond motifs is 1. The molecule has 26 heavy (non-hydrogen) atoms. The SMILES string of the molecule is CCCCCCCCC(CCCCCC)C(=O)OCC1CCC2OC2C1. The zero-order chi connectivity index (χ0) is 18.6. The van der Waals surface area contributed by atoms with Crippen LogP contribution in [0, 0.1) is 11.8 Å². The molecule has 2 aliphatic rings. The number of hydrogen-bond acceptors (Lipinski definition) is 3. The zero-order valence-corrected chi connectivity index (χ0v) is 17.3. The highest BCUT2D eigenvalue weighted by molar-refractivity contribution is 5.72. The van der Waals surface area contributed by atoms with E-state index in [9.17, 15) is 4.79 Å². The van der Waals surface area contributed by atoms with Crippen LogP contribution in [-0.4, -0.2) is 24.8 Å². The molecule has 0 amide bonds. The third-order valence-electron chi connectivity index (χ3n) is 6.22. The summed E-state index contributed by atoms with van der Waals surface area (Å²) in [5, 5.41) is 0. The van der Waals surface area contributed by atoms with Gasteiger partial charge in [-0.15, -0.1) is 0 Å². The second-order valence-electron chi connectivity index (χ2n) is 8.62. The Hall–Kier alpha value is -0.570. The predicted octanol–water partition coefficient (Wildman–Crippen LogP) is 6.43. The van der Waals surface area contributed by atoms with Crippen LogP contribution in [0.5, 0.6) is 0 Å². The lowest BCUT2D eigenvalue weighted by molar-refractivity contribution is -0.150. The highest BCUT2D eigenvalue weighted by Crippen LogP contribution is 2.39. The minimum Gasteiger partial charge on any atom is -0.465 e. The van der Waals surface area contributed by atoms with Crippen LogP contribution in [-0.2, 0) is 14.3 Å². The van der Waals surface area contributed by atoms with Crippen LogP contribution in [0.25, 0.3) is 0 Å². The van der Waals surface area contributed by atoms with Gasteiger partial charge in [0.2, 0.25) is 0 Å². The van der Waals surface area contributed by atoms with Crippen LogP contribution >= 0.6 is 0 Å². The van der Waals surface area contributed by atoms with Gasteiger partial charge in [-0.25, -0.2) is 0 Å². The van der Waals surface area contributed by atoms with Gasteiger partial charge >= 0.3 is 5.97 Å². The summed E-state index contributed by atoms with van der Waals surface area (Å²) in [6.45, 7) is 5.11. The van der Waals surface area contributed by atoms with Gasteiger partial charge in [0.25, 0.3) is 0 Å². The van der Waals surface area contributed by atoms with Crippen molar-refractivity contribution in [2.45, 2.75) is 122 Å². The molecular formula is C23H42O3. The Morgan fingerprint density at radius 1 is 0.885 bits per heavy atom. The number of epoxide rings is 1. The Balaban J connectivity index is 1.64. The van der Waals surface area contributed by atoms with Crippen LogP contribution in [0.3, 0.4) is 0 Å². The number of ether oxygens (including phenoxy) is 2. The summed E-state index contributed by atoms with van der Waals surface area (Å²) in [6, 6.07) is 0. The lowest BCUT2D eigenvalue weighted by atomic mass is 9.90. The van der Waals surface area contributed by atoms with E-state index in [1.165, 1.54) is 64.2 Å². The average Bonchev–Trinajstić information content (AvgIpc) is 3.43. The second-order valence-corrected chi connectivity index (χ2v) is 8.62. The first-order valence-corrected chi connectivity index (χ1v) is 11.6. The van der Waals surface area contributed by atoms with Crippen LogP contribution in [0.4, 0.5) is 0 Å². The maximum atomic E-state index is 12.7. The normalized spacial score (nSPS) is 25.5. The first kappa shape index (κ1) is 21.7. The lowest BCUT2D eigenvalue weighted by Crippen LogP contribution is -2.24. The van der Waals surface area contributed by atoms with Crippen molar-refractivity contribution in [3.05, 3.63) is 0 Å². The van der Waals surface area contributed by atoms with Gasteiger partial charge < -0.3 is 9.47 Å². The van der Waals surface area contributed by atoms with Crippen molar-refractivity contribution in [3.63, 3.8) is 0 Å². The molecule has 1 heterocycles. The van der Waals surface area contributed by atoms with E-state index in [2.05, 4.69) is 13.8 Å². The molecule has 1 saturated heterocycles. The van der Waals surface area contributed by atoms with Crippen LogP contribution in [0.15, 0.2) is 0 Å². The Kier molecular flexibility index (Phi) is 10.7. The van der Waals surface area contributed by atoms with Gasteiger partial charge in [0.15, 0.2) is 0 Å². The lowest BCUT2D eigenvalue weighted by Gasteiger charge is -2.21. The van der Waals surface area contributed by atoms with Crippen LogP contribution < -0.4 is 0 Å². The highest BCUT2D eigenvalue weighted by Gasteiger charge is 2.44. The molecule has 2 fully saturated rings. The van der Waals surface area contributed by atoms with E-state index in [0.717, 1.165) is 32.1 Å². The van der Waals surface area contributed by atoms with Gasteiger partial charge in [-0.1, -0.05) is 78.1 Å². The molecule has 0 aromatic carbocycles. The van der Waals surface area contributed by atoms with Crippen molar-refractivity contribution in [2.24, 2.45) is 11.8 Å². The van der Waals surface area contributed by atoms with E-state index < -0.39 is 0 Å². The number of carbonyl (C=O) groups excluding carboxylic acids is 1. The van der Waals surface area contributed by atoms with Gasteiger partial charge in [-0.3, -0.25) is 4.79 Å². The maximum Gasteiger partial charge on any atom is 0.308 e. The van der Waals surface area contributed by atoms with Gasteiger partial charge in [0, 0.05) is 0 Å². The van der Waals surface area contributed by atoms with E-state index in [1.54, 1.807) is 0 Å². The Morgan fingerprint density at radius 3 is 2.15 bits per heavy atom. The summed E-state index contributed by atoms with van der Waals surface area (Å²) in [4.78, 5) is 12.7. The summed E-state index contributed by atoms with van der Waals surface area (Å²) in [7, 11) is 0. The molecule has 3 nitrogen and oxygen atoms in total. The van der Waals surface area contributed by atoms with Crippen molar-refractivity contribution in [1.82, 2.24) is 0 Å². The zero-order valence-electron chi connectivity index (χ0n) is 17.3. The molecule has 0 aromatic rings. The Bertz CT molecular complexity index is 382. The fourth-order valence-electron chi connectivity index (χ4n) is 4.32. The Morgan fingerprint density at radius 2 is 1.50 bits per heavy atom. The fourth-order valence-corrected chi connectivity index (χ4v) is 4.32. The molecule has 152 valence electrons. The summed E-state index contributed by atoms with van der Waals surface area (Å²) in [6.07, 6.45) is 19.1. The highest BCUT2D eigenvalue weighted by atomic mass is 16.6. The largest absolute Gasteiger partial charge is 0.465 e. The minimum absolute atomic E-state index is 0.0777. The van der Waals surface area contributed by atoms with Gasteiger partial charge in [-0.05, 0) is 38.0 Å². The number of hydrogen-bond donors (Lipinski definition) is 0. The average molecular weight is 367 g/mol. The Labute approximate surface area is 161 Å². The van der Waals surface area contributed by atoms with Crippen molar-refractivity contribution < 1.29 is 14.3 Å². The summed E-state index contributed by atoms with van der Waals surface area (Å²) in [5.41, 5.74) is 0. The molecule has 0 radical (unpaired) electrons. The molecule has 1 saturated carbocycles. The van der Waals surface area contributed by atoms with Crippen molar-refractivity contribution in [2.75, 3.05) is 6.61 Å². The predicted molar refractivity (Wildman–Crippen MR) is 107 cm³/mol. The number of unbranched alkanes of at least 4 members (excludes halogenated alkanes) is 8. The van der Waals surface area contributed by atoms with E-state index >= 15 is 0 Å². The molecule has 4 unspecified atom stereocenters. The third-order valence-corrected chi connectivity index (χ3v) is 6.22. The molecule has 1 aliphatic carbocycles. The maximum absolute atomic E-state index is 12.7. The van der Waals surface area contributed by atoms with Crippen molar-refractivity contribution >= 4 is 5.97 Å². The molecule has 0 N–H and O–H groups in total. The standard InChI is InChI=1S/C23H42O3/c1-3-5-7-9-10-12-14-20(13-11-8-6-4-2)23(24)25-18-19-15-16-21-22(17-19)26-21/h19-22H,3-18H2,1-2H3. The molecular weight excluding hydrogens is 324 g/mol. The molecule has 0 aromatic heterocycles. The fraction of sp³-hybridized carbons (Fsp3) is 0.957. The van der Waals surface area contributed by atoms with E-state index in [1.807, 2.05) is 0 Å². The quantitative estimate of drug-likeness (QED) is 0.190. The number of rotatable bonds is 15. The number of esters is 1. The molecule has 4 atom stereocenters. The summed E-state index contributed by atoms with van der Waals surface area (Å²) in [5.74, 6) is 0.734. The minimum atomic E-state index is 0.0777. The second kappa shape index (κ2) is 12.8. The smallest absolute Gasteiger partial charge is 0.308 e. The first-order valence-electron chi connectivity index (χ1n) is 11.6. The van der Waals surface area contributed by atoms with Crippen LogP contribution in [0.1, 0.15) is 110 Å². The van der Waals surface area contributed by atoms with E-state index in [4.69, 9.17) is 9.47 Å². The third kappa shape index (κ3) is 8.41.